The number of aliphatic hydroxyl groups is 1. The number of benzene rings is 1. The molecule has 2 N–H and O–H groups in total. The molecule has 0 radical (unpaired) electrons. The summed E-state index contributed by atoms with van der Waals surface area (Å²) < 4.78 is 4.97. The first-order valence-corrected chi connectivity index (χ1v) is 5.96. The number of likely N-dealkylation sites (tertiary alicyclic amines) is 1. The van der Waals surface area contributed by atoms with E-state index in [0.717, 1.165) is 12.8 Å². The Labute approximate surface area is 106 Å². The fourth-order valence-corrected chi connectivity index (χ4v) is 2.27. The lowest BCUT2D eigenvalue weighted by Gasteiger charge is -2.23. The van der Waals surface area contributed by atoms with E-state index in [4.69, 9.17) is 4.74 Å². The molecule has 5 nitrogen and oxygen atoms in total. The van der Waals surface area contributed by atoms with Gasteiger partial charge in [-0.2, -0.15) is 0 Å². The van der Waals surface area contributed by atoms with Gasteiger partial charge in [0, 0.05) is 12.6 Å². The molecule has 1 aromatic rings. The van der Waals surface area contributed by atoms with Crippen LogP contribution >= 0.6 is 0 Å². The quantitative estimate of drug-likeness (QED) is 0.840. The van der Waals surface area contributed by atoms with Crippen molar-refractivity contribution in [1.82, 2.24) is 4.90 Å². The predicted molar refractivity (Wildman–Crippen MR) is 65.8 cm³/mol. The van der Waals surface area contributed by atoms with Crippen LogP contribution in [-0.4, -0.2) is 47.3 Å². The third kappa shape index (κ3) is 2.26. The standard InChI is InChI=1S/C13H17NO4/c1-18-10-4-5-11(12(16)7-10)13(17)14-6-2-3-9(14)8-15/h4-5,7,9,15-16H,2-3,6,8H2,1H3/t9-/m1/s1. The second-order valence-electron chi connectivity index (χ2n) is 4.36. The molecular weight excluding hydrogens is 234 g/mol. The molecule has 2 rings (SSSR count). The second kappa shape index (κ2) is 5.27. The number of nitrogens with zero attached hydrogens (tertiary/aromatic N) is 1. The number of hydrogen-bond donors (Lipinski definition) is 2. The Morgan fingerprint density at radius 1 is 1.56 bits per heavy atom. The Morgan fingerprint density at radius 3 is 2.94 bits per heavy atom. The van der Waals surface area contributed by atoms with Crippen molar-refractivity contribution in [3.63, 3.8) is 0 Å². The summed E-state index contributed by atoms with van der Waals surface area (Å²) in [6.45, 7) is 0.582. The van der Waals surface area contributed by atoms with Gasteiger partial charge in [-0.25, -0.2) is 0 Å². The van der Waals surface area contributed by atoms with Crippen molar-refractivity contribution in [2.45, 2.75) is 18.9 Å². The zero-order valence-electron chi connectivity index (χ0n) is 10.3. The number of aliphatic hydroxyl groups excluding tert-OH is 1. The Hall–Kier alpha value is -1.75. The van der Waals surface area contributed by atoms with Crippen LogP contribution in [0.25, 0.3) is 0 Å². The van der Waals surface area contributed by atoms with Crippen molar-refractivity contribution in [3.8, 4) is 11.5 Å². The van der Waals surface area contributed by atoms with Gasteiger partial charge in [0.15, 0.2) is 0 Å². The molecule has 1 aliphatic rings. The first kappa shape index (κ1) is 12.7. The topological polar surface area (TPSA) is 70.0 Å². The summed E-state index contributed by atoms with van der Waals surface area (Å²) in [6.07, 6.45) is 1.69. The largest absolute Gasteiger partial charge is 0.507 e. The molecule has 1 atom stereocenters. The Morgan fingerprint density at radius 2 is 2.33 bits per heavy atom. The highest BCUT2D eigenvalue weighted by molar-refractivity contribution is 5.97. The fraction of sp³-hybridized carbons (Fsp3) is 0.462. The summed E-state index contributed by atoms with van der Waals surface area (Å²) in [6, 6.07) is 4.45. The van der Waals surface area contributed by atoms with E-state index in [2.05, 4.69) is 0 Å². The van der Waals surface area contributed by atoms with Gasteiger partial charge in [-0.1, -0.05) is 0 Å². The van der Waals surface area contributed by atoms with Gasteiger partial charge in [-0.05, 0) is 25.0 Å². The number of phenols is 1. The number of carbonyl (C=O) groups is 1. The summed E-state index contributed by atoms with van der Waals surface area (Å²) in [5.74, 6) is 0.166. The highest BCUT2D eigenvalue weighted by Gasteiger charge is 2.30. The number of aromatic hydroxyl groups is 1. The Balaban J connectivity index is 2.23. The van der Waals surface area contributed by atoms with E-state index in [1.54, 1.807) is 17.0 Å². The fourth-order valence-electron chi connectivity index (χ4n) is 2.27. The molecule has 98 valence electrons. The van der Waals surface area contributed by atoms with Crippen LogP contribution in [-0.2, 0) is 0 Å². The van der Waals surface area contributed by atoms with E-state index in [0.29, 0.717) is 12.3 Å². The maximum atomic E-state index is 12.3. The first-order chi connectivity index (χ1) is 8.67. The van der Waals surface area contributed by atoms with Gasteiger partial charge >= 0.3 is 0 Å². The molecule has 1 aliphatic heterocycles. The summed E-state index contributed by atoms with van der Waals surface area (Å²) in [5.41, 5.74) is 0.246. The number of methoxy groups -OCH3 is 1. The maximum absolute atomic E-state index is 12.3. The minimum absolute atomic E-state index is 0.0390. The number of phenolic OH excluding ortho intramolecular Hbond substituents is 1. The molecule has 5 heteroatoms. The molecule has 1 heterocycles. The van der Waals surface area contributed by atoms with E-state index >= 15 is 0 Å². The lowest BCUT2D eigenvalue weighted by Crippen LogP contribution is -2.37. The minimum Gasteiger partial charge on any atom is -0.507 e. The van der Waals surface area contributed by atoms with E-state index < -0.39 is 0 Å². The third-order valence-electron chi connectivity index (χ3n) is 3.28. The van der Waals surface area contributed by atoms with Crippen LogP contribution in [0.5, 0.6) is 11.5 Å². The van der Waals surface area contributed by atoms with Crippen LogP contribution in [0.15, 0.2) is 18.2 Å². The van der Waals surface area contributed by atoms with Crippen LogP contribution < -0.4 is 4.74 Å². The number of amides is 1. The molecule has 0 unspecified atom stereocenters. The van der Waals surface area contributed by atoms with E-state index in [-0.39, 0.29) is 29.9 Å². The van der Waals surface area contributed by atoms with E-state index in [9.17, 15) is 15.0 Å². The Kier molecular flexibility index (Phi) is 3.72. The van der Waals surface area contributed by atoms with Crippen LogP contribution in [0, 0.1) is 0 Å². The summed E-state index contributed by atoms with van der Waals surface area (Å²) in [7, 11) is 1.50. The Bertz CT molecular complexity index is 447. The zero-order chi connectivity index (χ0) is 13.1. The summed E-state index contributed by atoms with van der Waals surface area (Å²) >= 11 is 0. The maximum Gasteiger partial charge on any atom is 0.257 e. The van der Waals surface area contributed by atoms with Gasteiger partial charge in [0.2, 0.25) is 0 Å². The third-order valence-corrected chi connectivity index (χ3v) is 3.28. The zero-order valence-corrected chi connectivity index (χ0v) is 10.3. The van der Waals surface area contributed by atoms with Crippen LogP contribution in [0.4, 0.5) is 0 Å². The smallest absolute Gasteiger partial charge is 0.257 e. The van der Waals surface area contributed by atoms with Crippen molar-refractivity contribution in [2.24, 2.45) is 0 Å². The molecular formula is C13H17NO4. The molecule has 1 aromatic carbocycles. The molecule has 18 heavy (non-hydrogen) atoms. The second-order valence-corrected chi connectivity index (χ2v) is 4.36. The lowest BCUT2D eigenvalue weighted by molar-refractivity contribution is 0.0674. The molecule has 1 saturated heterocycles. The van der Waals surface area contributed by atoms with Gasteiger partial charge in [0.25, 0.3) is 5.91 Å². The van der Waals surface area contributed by atoms with Gasteiger partial charge in [-0.3, -0.25) is 4.79 Å². The van der Waals surface area contributed by atoms with Gasteiger partial charge in [0.1, 0.15) is 11.5 Å². The average Bonchev–Trinajstić information content (AvgIpc) is 2.86. The van der Waals surface area contributed by atoms with Gasteiger partial charge < -0.3 is 19.8 Å². The number of hydrogen-bond acceptors (Lipinski definition) is 4. The van der Waals surface area contributed by atoms with Gasteiger partial charge in [-0.15, -0.1) is 0 Å². The minimum atomic E-state index is -0.244. The lowest BCUT2D eigenvalue weighted by atomic mass is 10.1. The molecule has 0 saturated carbocycles. The molecule has 0 aliphatic carbocycles. The van der Waals surface area contributed by atoms with E-state index in [1.807, 2.05) is 0 Å². The molecule has 0 spiro atoms. The van der Waals surface area contributed by atoms with Crippen LogP contribution in [0.1, 0.15) is 23.2 Å². The van der Waals surface area contributed by atoms with Crippen LogP contribution in [0.2, 0.25) is 0 Å². The van der Waals surface area contributed by atoms with E-state index in [1.165, 1.54) is 13.2 Å². The van der Waals surface area contributed by atoms with Crippen LogP contribution in [0.3, 0.4) is 0 Å². The molecule has 1 fully saturated rings. The highest BCUT2D eigenvalue weighted by Crippen LogP contribution is 2.27. The summed E-state index contributed by atoms with van der Waals surface area (Å²) in [4.78, 5) is 13.9. The number of ether oxygens (including phenoxy) is 1. The average molecular weight is 251 g/mol. The molecule has 1 amide bonds. The number of carbonyl (C=O) groups excluding carboxylic acids is 1. The first-order valence-electron chi connectivity index (χ1n) is 5.96. The predicted octanol–water partition coefficient (Wildman–Crippen LogP) is 0.998. The molecule has 0 bridgehead atoms. The normalized spacial score (nSPS) is 19.0. The van der Waals surface area contributed by atoms with Gasteiger partial charge in [0.05, 0.1) is 25.3 Å². The van der Waals surface area contributed by atoms with Crippen molar-refractivity contribution in [3.05, 3.63) is 23.8 Å². The highest BCUT2D eigenvalue weighted by atomic mass is 16.5. The monoisotopic (exact) mass is 251 g/mol. The molecule has 0 aromatic heterocycles. The summed E-state index contributed by atoms with van der Waals surface area (Å²) in [5, 5.41) is 19.0. The number of rotatable bonds is 3. The van der Waals surface area contributed by atoms with Crippen molar-refractivity contribution in [1.29, 1.82) is 0 Å². The van der Waals surface area contributed by atoms with Crippen molar-refractivity contribution in [2.75, 3.05) is 20.3 Å². The van der Waals surface area contributed by atoms with Crippen molar-refractivity contribution < 1.29 is 19.7 Å². The SMILES string of the molecule is COc1ccc(C(=O)N2CCC[C@@H]2CO)c(O)c1. The van der Waals surface area contributed by atoms with Crippen molar-refractivity contribution >= 4 is 5.91 Å².